The van der Waals surface area contributed by atoms with Crippen LogP contribution in [0.15, 0.2) is 42.6 Å². The molecular weight excluding hydrogens is 224 g/mol. The van der Waals surface area contributed by atoms with E-state index in [0.717, 1.165) is 24.3 Å². The molecule has 1 N–H and O–H groups in total. The molecule has 3 heteroatoms. The summed E-state index contributed by atoms with van der Waals surface area (Å²) >= 11 is 0. The summed E-state index contributed by atoms with van der Waals surface area (Å²) in [6.45, 7) is 0. The Hall–Kier alpha value is -2.03. The Balaban J connectivity index is 1.92. The number of benzene rings is 1. The van der Waals surface area contributed by atoms with Gasteiger partial charge < -0.3 is 10.1 Å². The van der Waals surface area contributed by atoms with Gasteiger partial charge in [-0.2, -0.15) is 0 Å². The lowest BCUT2D eigenvalue weighted by atomic mass is 9.96. The molecule has 0 radical (unpaired) electrons. The molecule has 1 unspecified atom stereocenters. The maximum Gasteiger partial charge on any atom is 0.142 e. The monoisotopic (exact) mass is 240 g/mol. The summed E-state index contributed by atoms with van der Waals surface area (Å²) in [5.74, 6) is 0.856. The van der Waals surface area contributed by atoms with Crippen molar-refractivity contribution in [2.75, 3.05) is 12.4 Å². The minimum absolute atomic E-state index is 0.232. The van der Waals surface area contributed by atoms with Crippen LogP contribution in [0.4, 0.5) is 5.69 Å². The molecule has 2 heterocycles. The third kappa shape index (κ3) is 1.92. The number of rotatable bonds is 2. The number of methoxy groups -OCH3 is 1. The number of hydrogen-bond donors (Lipinski definition) is 1. The van der Waals surface area contributed by atoms with Crippen LogP contribution in [0.2, 0.25) is 0 Å². The van der Waals surface area contributed by atoms with E-state index in [1.165, 1.54) is 11.3 Å². The van der Waals surface area contributed by atoms with Gasteiger partial charge in [-0.1, -0.05) is 18.2 Å². The van der Waals surface area contributed by atoms with Gasteiger partial charge in [0.2, 0.25) is 0 Å². The zero-order valence-corrected chi connectivity index (χ0v) is 10.4. The third-order valence-electron chi connectivity index (χ3n) is 3.40. The van der Waals surface area contributed by atoms with Gasteiger partial charge in [0.15, 0.2) is 0 Å². The summed E-state index contributed by atoms with van der Waals surface area (Å²) in [4.78, 5) is 4.46. The van der Waals surface area contributed by atoms with E-state index in [1.54, 1.807) is 7.11 Å². The molecule has 1 atom stereocenters. The standard InChI is InChI=1S/C15H16N2O/c1-18-14-7-4-10-16-15(14)13-9-8-11-5-2-3-6-12(11)17-13/h2-7,10,13,17H,8-9H2,1H3. The number of pyridine rings is 1. The van der Waals surface area contributed by atoms with Crippen LogP contribution in [0.1, 0.15) is 23.7 Å². The normalized spacial score (nSPS) is 17.7. The number of para-hydroxylation sites is 1. The topological polar surface area (TPSA) is 34.1 Å². The first-order valence-corrected chi connectivity index (χ1v) is 6.22. The zero-order valence-electron chi connectivity index (χ0n) is 10.4. The molecule has 3 rings (SSSR count). The van der Waals surface area contributed by atoms with E-state index in [9.17, 15) is 0 Å². The maximum absolute atomic E-state index is 5.38. The number of ether oxygens (including phenoxy) is 1. The van der Waals surface area contributed by atoms with Gasteiger partial charge in [-0.05, 0) is 36.6 Å². The van der Waals surface area contributed by atoms with Crippen LogP contribution in [-0.2, 0) is 6.42 Å². The number of anilines is 1. The van der Waals surface area contributed by atoms with Crippen molar-refractivity contribution >= 4 is 5.69 Å². The van der Waals surface area contributed by atoms with Crippen molar-refractivity contribution < 1.29 is 4.74 Å². The summed E-state index contributed by atoms with van der Waals surface area (Å²) in [6, 6.07) is 12.5. The van der Waals surface area contributed by atoms with Crippen molar-refractivity contribution in [3.63, 3.8) is 0 Å². The number of nitrogens with one attached hydrogen (secondary N) is 1. The van der Waals surface area contributed by atoms with Crippen LogP contribution in [-0.4, -0.2) is 12.1 Å². The molecule has 0 bridgehead atoms. The Morgan fingerprint density at radius 2 is 2.11 bits per heavy atom. The van der Waals surface area contributed by atoms with Crippen molar-refractivity contribution in [2.45, 2.75) is 18.9 Å². The van der Waals surface area contributed by atoms with E-state index >= 15 is 0 Å². The van der Waals surface area contributed by atoms with Crippen LogP contribution in [0, 0.1) is 0 Å². The van der Waals surface area contributed by atoms with Crippen LogP contribution in [0.3, 0.4) is 0 Å². The molecule has 0 amide bonds. The van der Waals surface area contributed by atoms with Crippen molar-refractivity contribution in [1.29, 1.82) is 0 Å². The van der Waals surface area contributed by atoms with Crippen molar-refractivity contribution in [1.82, 2.24) is 4.98 Å². The summed E-state index contributed by atoms with van der Waals surface area (Å²) in [5.41, 5.74) is 3.58. The van der Waals surface area contributed by atoms with Crippen LogP contribution in [0.5, 0.6) is 5.75 Å². The van der Waals surface area contributed by atoms with Gasteiger partial charge in [0.1, 0.15) is 11.4 Å². The maximum atomic E-state index is 5.38. The van der Waals surface area contributed by atoms with Gasteiger partial charge in [-0.15, -0.1) is 0 Å². The van der Waals surface area contributed by atoms with Crippen LogP contribution in [0.25, 0.3) is 0 Å². The first-order chi connectivity index (χ1) is 8.88. The van der Waals surface area contributed by atoms with Gasteiger partial charge in [0.05, 0.1) is 13.2 Å². The molecule has 3 nitrogen and oxygen atoms in total. The number of hydrogen-bond acceptors (Lipinski definition) is 3. The fraction of sp³-hybridized carbons (Fsp3) is 0.267. The fourth-order valence-electron chi connectivity index (χ4n) is 2.48. The first-order valence-electron chi connectivity index (χ1n) is 6.22. The SMILES string of the molecule is COc1cccnc1C1CCc2ccccc2N1. The summed E-state index contributed by atoms with van der Waals surface area (Å²) in [5, 5.41) is 3.55. The highest BCUT2D eigenvalue weighted by molar-refractivity contribution is 5.55. The molecule has 2 aromatic rings. The molecule has 0 saturated carbocycles. The molecule has 0 saturated heterocycles. The van der Waals surface area contributed by atoms with Gasteiger partial charge in [0, 0.05) is 11.9 Å². The van der Waals surface area contributed by atoms with Gasteiger partial charge in [-0.3, -0.25) is 4.98 Å². The average Bonchev–Trinajstić information content (AvgIpc) is 2.46. The largest absolute Gasteiger partial charge is 0.495 e. The molecule has 92 valence electrons. The third-order valence-corrected chi connectivity index (χ3v) is 3.40. The van der Waals surface area contributed by atoms with E-state index in [1.807, 2.05) is 18.3 Å². The van der Waals surface area contributed by atoms with Gasteiger partial charge in [-0.25, -0.2) is 0 Å². The molecule has 1 aliphatic rings. The summed E-state index contributed by atoms with van der Waals surface area (Å²) in [7, 11) is 1.69. The van der Waals surface area contributed by atoms with Gasteiger partial charge >= 0.3 is 0 Å². The molecule has 0 aliphatic carbocycles. The van der Waals surface area contributed by atoms with E-state index in [-0.39, 0.29) is 6.04 Å². The average molecular weight is 240 g/mol. The zero-order chi connectivity index (χ0) is 12.4. The predicted octanol–water partition coefficient (Wildman–Crippen LogP) is 3.19. The number of aryl methyl sites for hydroxylation is 1. The van der Waals surface area contributed by atoms with Crippen LogP contribution < -0.4 is 10.1 Å². The highest BCUT2D eigenvalue weighted by Crippen LogP contribution is 2.34. The minimum atomic E-state index is 0.232. The number of aromatic nitrogens is 1. The van der Waals surface area contributed by atoms with E-state index < -0.39 is 0 Å². The number of fused-ring (bicyclic) bond motifs is 1. The quantitative estimate of drug-likeness (QED) is 0.875. The molecule has 18 heavy (non-hydrogen) atoms. The van der Waals surface area contributed by atoms with E-state index in [4.69, 9.17) is 4.74 Å². The highest BCUT2D eigenvalue weighted by Gasteiger charge is 2.22. The van der Waals surface area contributed by atoms with Crippen LogP contribution >= 0.6 is 0 Å². The second-order valence-electron chi connectivity index (χ2n) is 4.48. The first kappa shape index (κ1) is 11.1. The molecule has 0 spiro atoms. The molecule has 1 aliphatic heterocycles. The molecule has 1 aromatic carbocycles. The van der Waals surface area contributed by atoms with E-state index in [2.05, 4.69) is 34.6 Å². The number of nitrogens with zero attached hydrogens (tertiary/aromatic N) is 1. The Kier molecular flexibility index (Phi) is 2.89. The Bertz CT molecular complexity index is 554. The Morgan fingerprint density at radius 1 is 1.22 bits per heavy atom. The molecule has 1 aromatic heterocycles. The smallest absolute Gasteiger partial charge is 0.142 e. The predicted molar refractivity (Wildman–Crippen MR) is 71.9 cm³/mol. The molecular formula is C15H16N2O. The summed E-state index contributed by atoms with van der Waals surface area (Å²) in [6.07, 6.45) is 3.94. The highest BCUT2D eigenvalue weighted by atomic mass is 16.5. The molecule has 0 fully saturated rings. The lowest BCUT2D eigenvalue weighted by Gasteiger charge is -2.27. The lowest BCUT2D eigenvalue weighted by Crippen LogP contribution is -2.19. The van der Waals surface area contributed by atoms with E-state index in [0.29, 0.717) is 0 Å². The Morgan fingerprint density at radius 3 is 3.00 bits per heavy atom. The minimum Gasteiger partial charge on any atom is -0.495 e. The van der Waals surface area contributed by atoms with Crippen molar-refractivity contribution in [3.05, 3.63) is 53.9 Å². The van der Waals surface area contributed by atoms with Crippen molar-refractivity contribution in [2.24, 2.45) is 0 Å². The summed E-state index contributed by atoms with van der Waals surface area (Å²) < 4.78 is 5.38. The second kappa shape index (κ2) is 4.69. The van der Waals surface area contributed by atoms with Gasteiger partial charge in [0.25, 0.3) is 0 Å². The fourth-order valence-corrected chi connectivity index (χ4v) is 2.48. The van der Waals surface area contributed by atoms with Crippen molar-refractivity contribution in [3.8, 4) is 5.75 Å². The Labute approximate surface area is 107 Å². The lowest BCUT2D eigenvalue weighted by molar-refractivity contribution is 0.401. The second-order valence-corrected chi connectivity index (χ2v) is 4.48.